The van der Waals surface area contributed by atoms with Crippen molar-refractivity contribution in [2.24, 2.45) is 0 Å². The summed E-state index contributed by atoms with van der Waals surface area (Å²) in [5, 5.41) is 1.20. The standard InChI is InChI=1S/C13H17NOS/c1-15-13-6-3-5-12-11(13)7-9-14(12)8-4-10-16-2/h3,5-7,9H,4,8,10H2,1-2H3. The van der Waals surface area contributed by atoms with E-state index in [0.717, 1.165) is 12.3 Å². The Hall–Kier alpha value is -1.09. The summed E-state index contributed by atoms with van der Waals surface area (Å²) in [6, 6.07) is 8.34. The summed E-state index contributed by atoms with van der Waals surface area (Å²) in [6.07, 6.45) is 5.51. The molecule has 2 aromatic rings. The van der Waals surface area contributed by atoms with Gasteiger partial charge in [0.05, 0.1) is 12.6 Å². The number of benzene rings is 1. The van der Waals surface area contributed by atoms with Crippen molar-refractivity contribution in [1.82, 2.24) is 4.57 Å². The molecule has 3 heteroatoms. The van der Waals surface area contributed by atoms with E-state index in [4.69, 9.17) is 4.74 Å². The molecule has 0 aliphatic rings. The molecule has 0 atom stereocenters. The van der Waals surface area contributed by atoms with Crippen molar-refractivity contribution in [3.63, 3.8) is 0 Å². The van der Waals surface area contributed by atoms with Gasteiger partial charge in [0.2, 0.25) is 0 Å². The zero-order valence-corrected chi connectivity index (χ0v) is 10.6. The van der Waals surface area contributed by atoms with Gasteiger partial charge in [0.25, 0.3) is 0 Å². The van der Waals surface area contributed by atoms with Crippen molar-refractivity contribution in [3.8, 4) is 5.75 Å². The molecule has 0 aliphatic heterocycles. The van der Waals surface area contributed by atoms with Crippen LogP contribution in [0, 0.1) is 0 Å². The Morgan fingerprint density at radius 2 is 2.19 bits per heavy atom. The van der Waals surface area contributed by atoms with Gasteiger partial charge in [-0.1, -0.05) is 6.07 Å². The molecular formula is C13H17NOS. The number of aryl methyl sites for hydroxylation is 1. The van der Waals surface area contributed by atoms with Crippen molar-refractivity contribution in [3.05, 3.63) is 30.5 Å². The molecule has 1 heterocycles. The number of thioether (sulfide) groups is 1. The van der Waals surface area contributed by atoms with Crippen molar-refractivity contribution in [2.75, 3.05) is 19.1 Å². The third-order valence-electron chi connectivity index (χ3n) is 2.74. The second kappa shape index (κ2) is 5.30. The van der Waals surface area contributed by atoms with E-state index < -0.39 is 0 Å². The first-order valence-corrected chi connectivity index (χ1v) is 6.87. The van der Waals surface area contributed by atoms with Gasteiger partial charge in [-0.2, -0.15) is 11.8 Å². The number of ether oxygens (including phenoxy) is 1. The van der Waals surface area contributed by atoms with Crippen LogP contribution in [0.25, 0.3) is 10.9 Å². The van der Waals surface area contributed by atoms with E-state index >= 15 is 0 Å². The Balaban J connectivity index is 2.27. The van der Waals surface area contributed by atoms with E-state index in [0.29, 0.717) is 0 Å². The maximum atomic E-state index is 5.35. The van der Waals surface area contributed by atoms with Crippen molar-refractivity contribution in [2.45, 2.75) is 13.0 Å². The molecule has 1 aromatic heterocycles. The number of methoxy groups -OCH3 is 1. The number of aromatic nitrogens is 1. The maximum Gasteiger partial charge on any atom is 0.128 e. The van der Waals surface area contributed by atoms with E-state index in [1.807, 2.05) is 23.9 Å². The fraction of sp³-hybridized carbons (Fsp3) is 0.385. The molecule has 0 saturated heterocycles. The van der Waals surface area contributed by atoms with Crippen LogP contribution in [0.1, 0.15) is 6.42 Å². The van der Waals surface area contributed by atoms with Crippen LogP contribution < -0.4 is 4.74 Å². The first-order chi connectivity index (χ1) is 7.86. The van der Waals surface area contributed by atoms with Gasteiger partial charge in [-0.3, -0.25) is 0 Å². The molecule has 0 saturated carbocycles. The second-order valence-corrected chi connectivity index (χ2v) is 4.73. The van der Waals surface area contributed by atoms with Crippen LogP contribution in [0.2, 0.25) is 0 Å². The zero-order chi connectivity index (χ0) is 11.4. The van der Waals surface area contributed by atoms with E-state index in [9.17, 15) is 0 Å². The smallest absolute Gasteiger partial charge is 0.128 e. The van der Waals surface area contributed by atoms with Crippen LogP contribution in [-0.4, -0.2) is 23.7 Å². The summed E-state index contributed by atoms with van der Waals surface area (Å²) in [4.78, 5) is 0. The van der Waals surface area contributed by atoms with Crippen molar-refractivity contribution < 1.29 is 4.74 Å². The monoisotopic (exact) mass is 235 g/mol. The predicted molar refractivity (Wildman–Crippen MR) is 71.5 cm³/mol. The van der Waals surface area contributed by atoms with Gasteiger partial charge in [-0.25, -0.2) is 0 Å². The average Bonchev–Trinajstić information content (AvgIpc) is 2.73. The fourth-order valence-corrected chi connectivity index (χ4v) is 2.37. The highest BCUT2D eigenvalue weighted by atomic mass is 32.2. The van der Waals surface area contributed by atoms with E-state index in [1.165, 1.54) is 23.1 Å². The number of rotatable bonds is 5. The molecule has 1 aromatic carbocycles. The van der Waals surface area contributed by atoms with Crippen LogP contribution >= 0.6 is 11.8 Å². The van der Waals surface area contributed by atoms with E-state index in [1.54, 1.807) is 7.11 Å². The number of hydrogen-bond donors (Lipinski definition) is 0. The third-order valence-corrected chi connectivity index (χ3v) is 3.44. The molecule has 0 spiro atoms. The molecule has 16 heavy (non-hydrogen) atoms. The summed E-state index contributed by atoms with van der Waals surface area (Å²) >= 11 is 1.90. The minimum atomic E-state index is 0.959. The van der Waals surface area contributed by atoms with Gasteiger partial charge in [-0.05, 0) is 36.6 Å². The molecule has 86 valence electrons. The Bertz CT molecular complexity index is 464. The Kier molecular flexibility index (Phi) is 3.78. The van der Waals surface area contributed by atoms with Gasteiger partial charge < -0.3 is 9.30 Å². The lowest BCUT2D eigenvalue weighted by Gasteiger charge is -2.06. The highest BCUT2D eigenvalue weighted by molar-refractivity contribution is 7.98. The van der Waals surface area contributed by atoms with Crippen LogP contribution in [0.15, 0.2) is 30.5 Å². The van der Waals surface area contributed by atoms with Gasteiger partial charge >= 0.3 is 0 Å². The van der Waals surface area contributed by atoms with Gasteiger partial charge in [0, 0.05) is 18.1 Å². The molecule has 2 rings (SSSR count). The molecule has 0 unspecified atom stereocenters. The second-order valence-electron chi connectivity index (χ2n) is 3.75. The van der Waals surface area contributed by atoms with Gasteiger partial charge in [-0.15, -0.1) is 0 Å². The Morgan fingerprint density at radius 3 is 2.94 bits per heavy atom. The van der Waals surface area contributed by atoms with Crippen LogP contribution in [0.5, 0.6) is 5.75 Å². The SMILES string of the molecule is COc1cccc2c1ccn2CCCSC. The molecule has 0 N–H and O–H groups in total. The van der Waals surface area contributed by atoms with Crippen molar-refractivity contribution >= 4 is 22.7 Å². The quantitative estimate of drug-likeness (QED) is 0.737. The summed E-state index contributed by atoms with van der Waals surface area (Å²) in [5.74, 6) is 2.17. The summed E-state index contributed by atoms with van der Waals surface area (Å²) in [7, 11) is 1.72. The summed E-state index contributed by atoms with van der Waals surface area (Å²) < 4.78 is 7.65. The lowest BCUT2D eigenvalue weighted by atomic mass is 10.2. The topological polar surface area (TPSA) is 14.2 Å². The minimum absolute atomic E-state index is 0.959. The van der Waals surface area contributed by atoms with E-state index in [-0.39, 0.29) is 0 Å². The largest absolute Gasteiger partial charge is 0.496 e. The maximum absolute atomic E-state index is 5.35. The Labute approximate surface area is 101 Å². The Morgan fingerprint density at radius 1 is 1.31 bits per heavy atom. The van der Waals surface area contributed by atoms with E-state index in [2.05, 4.69) is 29.2 Å². The van der Waals surface area contributed by atoms with Crippen LogP contribution in [-0.2, 0) is 6.54 Å². The zero-order valence-electron chi connectivity index (χ0n) is 9.77. The normalized spacial score (nSPS) is 10.9. The lowest BCUT2D eigenvalue weighted by molar-refractivity contribution is 0.420. The lowest BCUT2D eigenvalue weighted by Crippen LogP contribution is -1.97. The fourth-order valence-electron chi connectivity index (χ4n) is 1.95. The van der Waals surface area contributed by atoms with Crippen LogP contribution in [0.4, 0.5) is 0 Å². The summed E-state index contributed by atoms with van der Waals surface area (Å²) in [5.41, 5.74) is 1.26. The molecule has 0 amide bonds. The van der Waals surface area contributed by atoms with Crippen molar-refractivity contribution in [1.29, 1.82) is 0 Å². The predicted octanol–water partition coefficient (Wildman–Crippen LogP) is 3.40. The summed E-state index contributed by atoms with van der Waals surface area (Å²) in [6.45, 7) is 1.08. The molecule has 0 bridgehead atoms. The molecule has 0 aliphatic carbocycles. The number of fused-ring (bicyclic) bond motifs is 1. The minimum Gasteiger partial charge on any atom is -0.496 e. The highest BCUT2D eigenvalue weighted by Crippen LogP contribution is 2.26. The third kappa shape index (κ3) is 2.19. The van der Waals surface area contributed by atoms with Gasteiger partial charge in [0.1, 0.15) is 5.75 Å². The molecule has 2 nitrogen and oxygen atoms in total. The number of nitrogens with zero attached hydrogens (tertiary/aromatic N) is 1. The molecule has 0 fully saturated rings. The molecule has 0 radical (unpaired) electrons. The average molecular weight is 235 g/mol. The molecular weight excluding hydrogens is 218 g/mol. The highest BCUT2D eigenvalue weighted by Gasteiger charge is 2.04. The first-order valence-electron chi connectivity index (χ1n) is 5.47. The first kappa shape index (κ1) is 11.4. The van der Waals surface area contributed by atoms with Gasteiger partial charge in [0.15, 0.2) is 0 Å². The van der Waals surface area contributed by atoms with Crippen LogP contribution in [0.3, 0.4) is 0 Å². The number of hydrogen-bond acceptors (Lipinski definition) is 2.